The Labute approximate surface area is 317 Å². The summed E-state index contributed by atoms with van der Waals surface area (Å²) in [7, 11) is 3.93. The number of esters is 1. The zero-order chi connectivity index (χ0) is 40.3. The number of rotatable bonds is 17. The highest BCUT2D eigenvalue weighted by molar-refractivity contribution is 5.90. The largest absolute Gasteiger partial charge is 0.508 e. The Balaban J connectivity index is 1.77. The van der Waals surface area contributed by atoms with E-state index >= 15 is 0 Å². The quantitative estimate of drug-likeness (QED) is 0.0713. The van der Waals surface area contributed by atoms with Gasteiger partial charge < -0.3 is 65.1 Å². The number of phenols is 1. The van der Waals surface area contributed by atoms with Crippen LogP contribution in [0.1, 0.15) is 42.5 Å². The molecule has 0 radical (unpaired) electrons. The van der Waals surface area contributed by atoms with E-state index in [1.807, 2.05) is 6.92 Å². The van der Waals surface area contributed by atoms with E-state index in [1.54, 1.807) is 30.3 Å². The molecule has 1 saturated heterocycles. The van der Waals surface area contributed by atoms with Gasteiger partial charge in [0.25, 0.3) is 0 Å². The molecule has 2 amide bonds. The second-order valence-corrected chi connectivity index (χ2v) is 12.9. The third kappa shape index (κ3) is 9.93. The van der Waals surface area contributed by atoms with Crippen LogP contribution in [-0.2, 0) is 32.1 Å². The number of hydrogen-bond donors (Lipinski definition) is 8. The number of methoxy groups -OCH3 is 3. The number of ether oxygens (including phenoxy) is 5. The van der Waals surface area contributed by atoms with E-state index in [2.05, 4.69) is 10.6 Å². The fraction of sp³-hybridized carbons (Fsp3) is 0.447. The monoisotopic (exact) mass is 771 g/mol. The number of nitrogens with zero attached hydrogens (tertiary/aromatic N) is 1. The summed E-state index contributed by atoms with van der Waals surface area (Å²) < 4.78 is 27.1. The Morgan fingerprint density at radius 1 is 0.873 bits per heavy atom. The minimum atomic E-state index is -2.83. The van der Waals surface area contributed by atoms with Gasteiger partial charge in [-0.2, -0.15) is 5.06 Å². The number of aliphatic hydroxyl groups excluding tert-OH is 3. The number of phenolic OH excluding ortho intramolecular Hbond substituents is 1. The van der Waals surface area contributed by atoms with E-state index < -0.39 is 66.6 Å². The lowest BCUT2D eigenvalue weighted by Gasteiger charge is -2.53. The molecule has 55 heavy (non-hydrogen) atoms. The molecule has 3 aromatic rings. The van der Waals surface area contributed by atoms with Gasteiger partial charge >= 0.3 is 12.1 Å². The molecule has 7 atom stereocenters. The second kappa shape index (κ2) is 19.4. The number of benzene rings is 3. The predicted octanol–water partition coefficient (Wildman–Crippen LogP) is 1.34. The third-order valence-corrected chi connectivity index (χ3v) is 9.37. The van der Waals surface area contributed by atoms with Gasteiger partial charge in [0, 0.05) is 18.6 Å². The molecule has 3 aromatic carbocycles. The first-order chi connectivity index (χ1) is 26.3. The van der Waals surface area contributed by atoms with E-state index in [4.69, 9.17) is 23.7 Å². The number of alkyl carbamates (subject to hydrolysis) is 1. The van der Waals surface area contributed by atoms with Crippen molar-refractivity contribution in [2.24, 2.45) is 0 Å². The highest BCUT2D eigenvalue weighted by Crippen LogP contribution is 2.48. The van der Waals surface area contributed by atoms with Crippen LogP contribution in [0.25, 0.3) is 0 Å². The van der Waals surface area contributed by atoms with Crippen LogP contribution in [0.2, 0.25) is 0 Å². The smallest absolute Gasteiger partial charge is 0.408 e. The zero-order valence-corrected chi connectivity index (χ0v) is 31.0. The summed E-state index contributed by atoms with van der Waals surface area (Å²) in [5, 5.41) is 72.4. The Hall–Kier alpha value is -5.17. The number of amides is 2. The molecule has 0 spiro atoms. The third-order valence-electron chi connectivity index (χ3n) is 9.37. The van der Waals surface area contributed by atoms with Crippen LogP contribution in [0, 0.1) is 0 Å². The number of hydrogen-bond acceptors (Lipinski definition) is 15. The fourth-order valence-electron chi connectivity index (χ4n) is 6.28. The summed E-state index contributed by atoms with van der Waals surface area (Å²) in [6.45, 7) is 0.295. The molecule has 1 aliphatic heterocycles. The lowest BCUT2D eigenvalue weighted by atomic mass is 9.74. The first kappa shape index (κ1) is 42.6. The summed E-state index contributed by atoms with van der Waals surface area (Å²) >= 11 is 0. The van der Waals surface area contributed by atoms with Gasteiger partial charge in [0.05, 0.1) is 52.2 Å². The standard InChI is InChI=1S/C38H49N3O14/c1-5-6-16-54-36(47)30(40-35(46)26(17-22-12-14-24(43)15-13-22)39-37(48)55-20-23-10-8-7-9-11-23)32-34(45)38(49,21-42)33(44)31(41(32)50)29-27(52-3)18-25(51-2)19-28(29)53-4/h7-15,18-19,26,30-34,42-45,49-50H,5-6,16-17,20-21H2,1-4H3,(H,39,48)(H,40,46)/t26-,30-,31-,32-,33-,34-,38-/m0/s1. The molecule has 1 aliphatic rings. The fourth-order valence-corrected chi connectivity index (χ4v) is 6.28. The van der Waals surface area contributed by atoms with Crippen molar-refractivity contribution in [1.82, 2.24) is 15.7 Å². The molecule has 1 fully saturated rings. The van der Waals surface area contributed by atoms with Gasteiger partial charge in [-0.05, 0) is 29.7 Å². The highest BCUT2D eigenvalue weighted by Gasteiger charge is 2.62. The van der Waals surface area contributed by atoms with E-state index in [0.717, 1.165) is 0 Å². The molecular weight excluding hydrogens is 722 g/mol. The maximum Gasteiger partial charge on any atom is 0.408 e. The highest BCUT2D eigenvalue weighted by atomic mass is 16.6. The summed E-state index contributed by atoms with van der Waals surface area (Å²) in [5.41, 5.74) is -1.77. The lowest BCUT2D eigenvalue weighted by molar-refractivity contribution is -0.309. The van der Waals surface area contributed by atoms with Crippen LogP contribution in [0.4, 0.5) is 4.79 Å². The van der Waals surface area contributed by atoms with E-state index in [1.165, 1.54) is 57.7 Å². The number of unbranched alkanes of at least 4 members (excludes halogenated alkanes) is 1. The summed E-state index contributed by atoms with van der Waals surface area (Å²) in [6.07, 6.45) is -4.66. The van der Waals surface area contributed by atoms with Gasteiger partial charge in [-0.25, -0.2) is 9.59 Å². The Kier molecular flexibility index (Phi) is 15.0. The average Bonchev–Trinajstić information content (AvgIpc) is 3.19. The second-order valence-electron chi connectivity index (χ2n) is 12.9. The number of hydroxylamine groups is 2. The summed E-state index contributed by atoms with van der Waals surface area (Å²) in [5.74, 6) is -2.02. The van der Waals surface area contributed by atoms with Crippen LogP contribution >= 0.6 is 0 Å². The van der Waals surface area contributed by atoms with E-state index in [9.17, 15) is 45.1 Å². The number of nitrogens with one attached hydrogen (secondary N) is 2. The van der Waals surface area contributed by atoms with Gasteiger partial charge in [-0.15, -0.1) is 0 Å². The number of aromatic hydroxyl groups is 1. The molecule has 8 N–H and O–H groups in total. The van der Waals surface area contributed by atoms with Crippen molar-refractivity contribution >= 4 is 18.0 Å². The Bertz CT molecular complexity index is 1700. The maximum absolute atomic E-state index is 14.2. The molecule has 300 valence electrons. The van der Waals surface area contributed by atoms with Gasteiger partial charge in [0.2, 0.25) is 5.91 Å². The van der Waals surface area contributed by atoms with E-state index in [0.29, 0.717) is 29.0 Å². The van der Waals surface area contributed by atoms with Crippen LogP contribution in [0.3, 0.4) is 0 Å². The zero-order valence-electron chi connectivity index (χ0n) is 31.0. The molecule has 0 aromatic heterocycles. The summed E-state index contributed by atoms with van der Waals surface area (Å²) in [4.78, 5) is 41.2. The SMILES string of the molecule is CCCCOC(=O)[C@@H](NC(=O)[C@H](Cc1ccc(O)cc1)NC(=O)OCc1ccccc1)[C@H]1[C@H](O)[C@](O)(CO)[C@@H](O)[C@H](c2c(OC)cc(OC)cc2OC)N1O. The lowest BCUT2D eigenvalue weighted by Crippen LogP contribution is -2.75. The van der Waals surface area contributed by atoms with Crippen LogP contribution in [-0.4, -0.2) is 124 Å². The van der Waals surface area contributed by atoms with Crippen LogP contribution in [0.15, 0.2) is 66.7 Å². The van der Waals surface area contributed by atoms with Gasteiger partial charge in [-0.3, -0.25) is 4.79 Å². The molecule has 0 unspecified atom stereocenters. The van der Waals surface area contributed by atoms with Crippen molar-refractivity contribution in [3.8, 4) is 23.0 Å². The topological polar surface area (TPSA) is 246 Å². The number of carbonyl (C=O) groups is 3. The molecular formula is C38H49N3O14. The van der Waals surface area contributed by atoms with E-state index in [-0.39, 0.29) is 48.2 Å². The minimum Gasteiger partial charge on any atom is -0.508 e. The van der Waals surface area contributed by atoms with Crippen molar-refractivity contribution in [3.63, 3.8) is 0 Å². The van der Waals surface area contributed by atoms with Crippen molar-refractivity contribution in [2.75, 3.05) is 34.5 Å². The molecule has 0 bridgehead atoms. The van der Waals surface area contributed by atoms with Crippen molar-refractivity contribution in [2.45, 2.75) is 74.8 Å². The number of piperidine rings is 1. The minimum absolute atomic E-state index is 0.0204. The molecule has 4 rings (SSSR count). The van der Waals surface area contributed by atoms with Gasteiger partial charge in [-0.1, -0.05) is 55.8 Å². The Morgan fingerprint density at radius 3 is 2.07 bits per heavy atom. The van der Waals surface area contributed by atoms with Gasteiger partial charge in [0.15, 0.2) is 0 Å². The normalized spacial score (nSPS) is 22.1. The first-order valence-electron chi connectivity index (χ1n) is 17.5. The Morgan fingerprint density at radius 2 is 1.51 bits per heavy atom. The summed E-state index contributed by atoms with van der Waals surface area (Å²) in [6, 6.07) is 10.00. The van der Waals surface area contributed by atoms with Crippen LogP contribution < -0.4 is 24.8 Å². The van der Waals surface area contributed by atoms with Gasteiger partial charge in [0.1, 0.15) is 59.5 Å². The van der Waals surface area contributed by atoms with Crippen molar-refractivity contribution in [3.05, 3.63) is 83.4 Å². The average molecular weight is 772 g/mol. The maximum atomic E-state index is 14.2. The number of carbonyl (C=O) groups excluding carboxylic acids is 3. The van der Waals surface area contributed by atoms with Crippen LogP contribution in [0.5, 0.6) is 23.0 Å². The molecule has 17 heteroatoms. The van der Waals surface area contributed by atoms with Crippen molar-refractivity contribution < 1.29 is 68.8 Å². The molecule has 17 nitrogen and oxygen atoms in total. The number of aliphatic hydroxyl groups is 4. The first-order valence-corrected chi connectivity index (χ1v) is 17.5. The molecule has 0 saturated carbocycles. The molecule has 1 heterocycles. The molecule has 0 aliphatic carbocycles. The van der Waals surface area contributed by atoms with Crippen molar-refractivity contribution in [1.29, 1.82) is 0 Å². The predicted molar refractivity (Wildman–Crippen MR) is 193 cm³/mol.